The zero-order valence-electron chi connectivity index (χ0n) is 18.8. The normalized spacial score (nSPS) is 21.8. The Kier molecular flexibility index (Phi) is 9.13. The molecule has 0 amide bonds. The summed E-state index contributed by atoms with van der Waals surface area (Å²) in [7, 11) is 0. The molecule has 1 saturated heterocycles. The van der Waals surface area contributed by atoms with E-state index in [-0.39, 0.29) is 24.0 Å². The third-order valence-electron chi connectivity index (χ3n) is 6.24. The largest absolute Gasteiger partial charge is 0.357 e. The minimum Gasteiger partial charge on any atom is -0.357 e. The smallest absolute Gasteiger partial charge is 0.191 e. The van der Waals surface area contributed by atoms with Crippen molar-refractivity contribution in [1.82, 2.24) is 30.3 Å². The summed E-state index contributed by atoms with van der Waals surface area (Å²) in [5.74, 6) is 2.98. The second kappa shape index (κ2) is 11.8. The standard InChI is InChI=1S/C23H35N7.HI/c1-3-24-23(25-16-22-28-27-21-11-7-8-13-30(21)22)26-20-12-14-29(18(2)15-20)17-19-9-5-4-6-10-19;/h4-6,9-10,18,20H,3,7-8,11-17H2,1-2H3,(H2,24,25,26);1H. The van der Waals surface area contributed by atoms with Crippen molar-refractivity contribution in [2.45, 2.75) is 77.7 Å². The molecule has 2 aromatic rings. The molecule has 4 rings (SSSR count). The molecule has 0 saturated carbocycles. The summed E-state index contributed by atoms with van der Waals surface area (Å²) in [5.41, 5.74) is 1.39. The lowest BCUT2D eigenvalue weighted by Gasteiger charge is -2.38. The van der Waals surface area contributed by atoms with Gasteiger partial charge in [0.15, 0.2) is 11.8 Å². The van der Waals surface area contributed by atoms with Crippen LogP contribution < -0.4 is 10.6 Å². The van der Waals surface area contributed by atoms with Gasteiger partial charge in [0.2, 0.25) is 0 Å². The zero-order valence-corrected chi connectivity index (χ0v) is 21.1. The molecule has 1 aromatic heterocycles. The fourth-order valence-electron chi connectivity index (χ4n) is 4.55. The van der Waals surface area contributed by atoms with E-state index < -0.39 is 0 Å². The first-order chi connectivity index (χ1) is 14.7. The Balaban J connectivity index is 0.00000272. The van der Waals surface area contributed by atoms with Gasteiger partial charge >= 0.3 is 0 Å². The van der Waals surface area contributed by atoms with E-state index in [1.165, 1.54) is 18.4 Å². The van der Waals surface area contributed by atoms with Gasteiger partial charge in [0, 0.05) is 44.7 Å². The van der Waals surface area contributed by atoms with Gasteiger partial charge in [-0.15, -0.1) is 34.2 Å². The lowest BCUT2D eigenvalue weighted by atomic mass is 9.97. The number of rotatable bonds is 6. The van der Waals surface area contributed by atoms with Crippen LogP contribution in [-0.4, -0.2) is 50.8 Å². The number of hydrogen-bond acceptors (Lipinski definition) is 4. The van der Waals surface area contributed by atoms with Gasteiger partial charge in [0.1, 0.15) is 12.4 Å². The van der Waals surface area contributed by atoms with Crippen molar-refractivity contribution in [1.29, 1.82) is 0 Å². The molecule has 0 bridgehead atoms. The summed E-state index contributed by atoms with van der Waals surface area (Å²) in [5, 5.41) is 15.8. The number of aromatic nitrogens is 3. The quantitative estimate of drug-likeness (QED) is 0.336. The SMILES string of the molecule is CCNC(=NCc1nnc2n1CCCC2)NC1CCN(Cc2ccccc2)C(C)C1.I. The molecule has 0 spiro atoms. The molecule has 2 N–H and O–H groups in total. The Hall–Kier alpha value is -1.68. The number of hydrogen-bond donors (Lipinski definition) is 2. The lowest BCUT2D eigenvalue weighted by molar-refractivity contribution is 0.134. The third kappa shape index (κ3) is 6.41. The zero-order chi connectivity index (χ0) is 20.8. The number of likely N-dealkylation sites (tertiary alicyclic amines) is 1. The molecular weight excluding hydrogens is 501 g/mol. The van der Waals surface area contributed by atoms with Crippen LogP contribution in [0.25, 0.3) is 0 Å². The maximum atomic E-state index is 4.83. The van der Waals surface area contributed by atoms with Gasteiger partial charge in [-0.05, 0) is 45.1 Å². The summed E-state index contributed by atoms with van der Waals surface area (Å²) < 4.78 is 2.25. The van der Waals surface area contributed by atoms with Crippen molar-refractivity contribution in [2.24, 2.45) is 4.99 Å². The van der Waals surface area contributed by atoms with Gasteiger partial charge in [-0.25, -0.2) is 4.99 Å². The summed E-state index contributed by atoms with van der Waals surface area (Å²) in [6.07, 6.45) is 5.71. The monoisotopic (exact) mass is 537 g/mol. The Bertz CT molecular complexity index is 836. The maximum absolute atomic E-state index is 4.83. The summed E-state index contributed by atoms with van der Waals surface area (Å²) in [6.45, 7) is 9.03. The van der Waals surface area contributed by atoms with Crippen LogP contribution in [0.5, 0.6) is 0 Å². The van der Waals surface area contributed by atoms with E-state index in [9.17, 15) is 0 Å². The Morgan fingerprint density at radius 2 is 2.00 bits per heavy atom. The van der Waals surface area contributed by atoms with E-state index in [0.717, 1.165) is 63.0 Å². The molecule has 1 aromatic carbocycles. The van der Waals surface area contributed by atoms with Gasteiger partial charge in [-0.2, -0.15) is 0 Å². The number of benzene rings is 1. The maximum Gasteiger partial charge on any atom is 0.191 e. The Morgan fingerprint density at radius 3 is 2.77 bits per heavy atom. The number of aryl methyl sites for hydroxylation is 1. The molecule has 8 heteroatoms. The van der Waals surface area contributed by atoms with Crippen LogP contribution in [0.3, 0.4) is 0 Å². The van der Waals surface area contributed by atoms with Crippen LogP contribution in [0.15, 0.2) is 35.3 Å². The molecule has 0 aliphatic carbocycles. The van der Waals surface area contributed by atoms with Crippen molar-refractivity contribution in [3.63, 3.8) is 0 Å². The van der Waals surface area contributed by atoms with Crippen molar-refractivity contribution >= 4 is 29.9 Å². The van der Waals surface area contributed by atoms with E-state index in [2.05, 4.69) is 74.5 Å². The molecule has 1 fully saturated rings. The molecule has 170 valence electrons. The van der Waals surface area contributed by atoms with Gasteiger partial charge in [0.05, 0.1) is 0 Å². The number of nitrogens with zero attached hydrogens (tertiary/aromatic N) is 5. The highest BCUT2D eigenvalue weighted by Gasteiger charge is 2.26. The molecule has 31 heavy (non-hydrogen) atoms. The third-order valence-corrected chi connectivity index (χ3v) is 6.24. The van der Waals surface area contributed by atoms with Crippen molar-refractivity contribution < 1.29 is 0 Å². The number of guanidine groups is 1. The van der Waals surface area contributed by atoms with Crippen molar-refractivity contribution in [3.8, 4) is 0 Å². The molecule has 0 radical (unpaired) electrons. The average Bonchev–Trinajstić information content (AvgIpc) is 3.18. The number of halogens is 1. The van der Waals surface area contributed by atoms with Gasteiger partial charge < -0.3 is 15.2 Å². The topological polar surface area (TPSA) is 70.4 Å². The Labute approximate surface area is 203 Å². The van der Waals surface area contributed by atoms with E-state index in [4.69, 9.17) is 4.99 Å². The predicted molar refractivity (Wildman–Crippen MR) is 136 cm³/mol. The molecule has 2 aliphatic rings. The summed E-state index contributed by atoms with van der Waals surface area (Å²) in [6, 6.07) is 11.8. The summed E-state index contributed by atoms with van der Waals surface area (Å²) in [4.78, 5) is 7.41. The Morgan fingerprint density at radius 1 is 1.16 bits per heavy atom. The van der Waals surface area contributed by atoms with Crippen LogP contribution in [0, 0.1) is 0 Å². The highest BCUT2D eigenvalue weighted by Crippen LogP contribution is 2.20. The number of nitrogens with one attached hydrogen (secondary N) is 2. The van der Waals surface area contributed by atoms with Gasteiger partial charge in [-0.1, -0.05) is 30.3 Å². The minimum atomic E-state index is 0. The van der Waals surface area contributed by atoms with Gasteiger partial charge in [0.25, 0.3) is 0 Å². The van der Waals surface area contributed by atoms with E-state index in [1.54, 1.807) is 0 Å². The molecule has 3 heterocycles. The highest BCUT2D eigenvalue weighted by molar-refractivity contribution is 14.0. The average molecular weight is 537 g/mol. The molecule has 2 aliphatic heterocycles. The predicted octanol–water partition coefficient (Wildman–Crippen LogP) is 3.34. The molecule has 2 atom stereocenters. The number of fused-ring (bicyclic) bond motifs is 1. The van der Waals surface area contributed by atoms with Gasteiger partial charge in [-0.3, -0.25) is 4.90 Å². The molecular formula is C23H36IN7. The summed E-state index contributed by atoms with van der Waals surface area (Å²) >= 11 is 0. The second-order valence-corrected chi connectivity index (χ2v) is 8.51. The highest BCUT2D eigenvalue weighted by atomic mass is 127. The fourth-order valence-corrected chi connectivity index (χ4v) is 4.55. The lowest BCUT2D eigenvalue weighted by Crippen LogP contribution is -2.51. The van der Waals surface area contributed by atoms with E-state index in [0.29, 0.717) is 18.6 Å². The molecule has 7 nitrogen and oxygen atoms in total. The first kappa shape index (κ1) is 24.0. The van der Waals surface area contributed by atoms with Crippen molar-refractivity contribution in [2.75, 3.05) is 13.1 Å². The van der Waals surface area contributed by atoms with Crippen LogP contribution in [-0.2, 0) is 26.1 Å². The van der Waals surface area contributed by atoms with Crippen LogP contribution in [0.4, 0.5) is 0 Å². The van der Waals surface area contributed by atoms with E-state index >= 15 is 0 Å². The number of piperidine rings is 1. The van der Waals surface area contributed by atoms with Crippen molar-refractivity contribution in [3.05, 3.63) is 47.5 Å². The first-order valence-electron chi connectivity index (χ1n) is 11.5. The molecule has 2 unspecified atom stereocenters. The second-order valence-electron chi connectivity index (χ2n) is 8.51. The minimum absolute atomic E-state index is 0. The van der Waals surface area contributed by atoms with E-state index in [1.807, 2.05) is 0 Å². The fraction of sp³-hybridized carbons (Fsp3) is 0.609. The van der Waals surface area contributed by atoms with Crippen LogP contribution in [0.1, 0.15) is 56.7 Å². The first-order valence-corrected chi connectivity index (χ1v) is 11.5. The van der Waals surface area contributed by atoms with Crippen LogP contribution >= 0.6 is 24.0 Å². The van der Waals surface area contributed by atoms with Crippen LogP contribution in [0.2, 0.25) is 0 Å². The number of aliphatic imine (C=N–C) groups is 1.